The lowest BCUT2D eigenvalue weighted by Gasteiger charge is -1.90. The highest BCUT2D eigenvalue weighted by atomic mass is 15.4. The molecule has 0 heterocycles. The molecule has 1 rings (SSSR count). The van der Waals surface area contributed by atoms with Crippen molar-refractivity contribution in [1.82, 2.24) is 0 Å². The van der Waals surface area contributed by atoms with Crippen molar-refractivity contribution < 1.29 is 0 Å². The molecule has 8 heavy (non-hydrogen) atoms. The van der Waals surface area contributed by atoms with Crippen molar-refractivity contribution in [3.05, 3.63) is 24.3 Å². The van der Waals surface area contributed by atoms with Crippen molar-refractivity contribution in [3.8, 4) is 0 Å². The lowest BCUT2D eigenvalue weighted by molar-refractivity contribution is 1.67. The van der Waals surface area contributed by atoms with Crippen LogP contribution in [0, 0.1) is 0 Å². The maximum absolute atomic E-state index is 5.37. The van der Waals surface area contributed by atoms with Crippen LogP contribution in [0.5, 0.6) is 0 Å². The average molecular weight is 110 g/mol. The Morgan fingerprint density at radius 1 is 0.750 bits per heavy atom. The number of anilines is 2. The number of hydrogen-bond acceptors (Lipinski definition) is 2. The van der Waals surface area contributed by atoms with Gasteiger partial charge in [-0.25, -0.2) is 0 Å². The highest BCUT2D eigenvalue weighted by molar-refractivity contribution is 5.47. The molecule has 0 bridgehead atoms. The van der Waals surface area contributed by atoms with E-state index >= 15 is 0 Å². The molecular formula is C6H8N2. The fraction of sp³-hybridized carbons (Fsp3) is 0. The number of nitrogens with two attached hydrogens (primary N) is 2. The molecule has 0 aliphatic rings. The van der Waals surface area contributed by atoms with Gasteiger partial charge in [0.25, 0.3) is 0 Å². The van der Waals surface area contributed by atoms with Crippen molar-refractivity contribution in [2.24, 2.45) is 0 Å². The quantitative estimate of drug-likeness (QED) is 0.384. The van der Waals surface area contributed by atoms with Gasteiger partial charge in [0.15, 0.2) is 0 Å². The van der Waals surface area contributed by atoms with E-state index in [9.17, 15) is 0 Å². The minimum absolute atomic E-state index is 0.749. The molecular weight excluding hydrogens is 102 g/mol. The van der Waals surface area contributed by atoms with Gasteiger partial charge in [-0.3, -0.25) is 0 Å². The molecule has 0 fully saturated rings. The van der Waals surface area contributed by atoms with Crippen molar-refractivity contribution in [3.63, 3.8) is 0 Å². The van der Waals surface area contributed by atoms with Crippen LogP contribution in [0.3, 0.4) is 0 Å². The third-order valence-corrected chi connectivity index (χ3v) is 0.936. The molecule has 0 saturated heterocycles. The highest BCUT2D eigenvalue weighted by Gasteiger charge is 1.80. The van der Waals surface area contributed by atoms with Crippen LogP contribution >= 0.6 is 0 Å². The first-order valence-electron chi connectivity index (χ1n) is 2.40. The molecule has 2 nitrogen and oxygen atoms in total. The van der Waals surface area contributed by atoms with E-state index in [1.807, 2.05) is 0 Å². The normalized spacial score (nSPS) is 9.00. The summed E-state index contributed by atoms with van der Waals surface area (Å²) in [5.74, 6) is 0. The zero-order valence-corrected chi connectivity index (χ0v) is 4.46. The third-order valence-electron chi connectivity index (χ3n) is 0.936. The number of nitrogen functional groups attached to an aromatic ring is 2. The zero-order chi connectivity index (χ0) is 5.98. The summed E-state index contributed by atoms with van der Waals surface area (Å²) in [6.45, 7) is 0. The Kier molecular flexibility index (Phi) is 1.08. The van der Waals surface area contributed by atoms with Crippen LogP contribution < -0.4 is 11.5 Å². The SMILES string of the molecule is [15NH2]c1ccc([15NH2])cc1. The van der Waals surface area contributed by atoms with Gasteiger partial charge in [-0.15, -0.1) is 0 Å². The third kappa shape index (κ3) is 0.904. The summed E-state index contributed by atoms with van der Waals surface area (Å²) < 4.78 is 0. The van der Waals surface area contributed by atoms with Gasteiger partial charge < -0.3 is 11.5 Å². The molecule has 0 aliphatic carbocycles. The van der Waals surface area contributed by atoms with Gasteiger partial charge in [-0.2, -0.15) is 0 Å². The molecule has 0 unspecified atom stereocenters. The van der Waals surface area contributed by atoms with E-state index in [-0.39, 0.29) is 0 Å². The van der Waals surface area contributed by atoms with Crippen LogP contribution in [0.25, 0.3) is 0 Å². The fourth-order valence-corrected chi connectivity index (χ4v) is 0.496. The van der Waals surface area contributed by atoms with Crippen LogP contribution in [-0.2, 0) is 0 Å². The molecule has 1 aromatic carbocycles. The van der Waals surface area contributed by atoms with E-state index in [0.717, 1.165) is 11.4 Å². The Morgan fingerprint density at radius 3 is 1.25 bits per heavy atom. The minimum Gasteiger partial charge on any atom is -0.399 e. The molecule has 4 N–H and O–H groups in total. The molecule has 1 aromatic rings. The second-order valence-corrected chi connectivity index (χ2v) is 1.67. The van der Waals surface area contributed by atoms with Crippen molar-refractivity contribution in [1.29, 1.82) is 0 Å². The largest absolute Gasteiger partial charge is 0.399 e. The summed E-state index contributed by atoms with van der Waals surface area (Å²) in [5, 5.41) is 0. The Bertz CT molecular complexity index is 145. The predicted octanol–water partition coefficient (Wildman–Crippen LogP) is 0.851. The monoisotopic (exact) mass is 110 g/mol. The van der Waals surface area contributed by atoms with E-state index in [1.54, 1.807) is 24.3 Å². The first kappa shape index (κ1) is 4.97. The summed E-state index contributed by atoms with van der Waals surface area (Å²) in [5.41, 5.74) is 12.2. The lowest BCUT2D eigenvalue weighted by Crippen LogP contribution is -1.86. The van der Waals surface area contributed by atoms with Gasteiger partial charge in [-0.05, 0) is 24.3 Å². The molecule has 0 amide bonds. The van der Waals surface area contributed by atoms with Crippen molar-refractivity contribution >= 4 is 11.4 Å². The predicted molar refractivity (Wildman–Crippen MR) is 35.3 cm³/mol. The van der Waals surface area contributed by atoms with Gasteiger partial charge in [-0.1, -0.05) is 0 Å². The zero-order valence-electron chi connectivity index (χ0n) is 4.46. The van der Waals surface area contributed by atoms with Crippen LogP contribution in [0.15, 0.2) is 24.3 Å². The van der Waals surface area contributed by atoms with Crippen molar-refractivity contribution in [2.75, 3.05) is 11.5 Å². The van der Waals surface area contributed by atoms with E-state index in [1.165, 1.54) is 0 Å². The van der Waals surface area contributed by atoms with Gasteiger partial charge in [0.2, 0.25) is 0 Å². The molecule has 0 aliphatic heterocycles. The number of hydrogen-bond donors (Lipinski definition) is 2. The lowest BCUT2D eigenvalue weighted by atomic mass is 10.3. The topological polar surface area (TPSA) is 52.0 Å². The maximum atomic E-state index is 5.37. The van der Waals surface area contributed by atoms with E-state index in [0.29, 0.717) is 0 Å². The van der Waals surface area contributed by atoms with Crippen LogP contribution in [0.1, 0.15) is 0 Å². The van der Waals surface area contributed by atoms with Crippen LogP contribution in [-0.4, -0.2) is 0 Å². The molecule has 0 saturated carbocycles. The smallest absolute Gasteiger partial charge is 0.0315 e. The average Bonchev–Trinajstić information content (AvgIpc) is 1.77. The second-order valence-electron chi connectivity index (χ2n) is 1.67. The minimum atomic E-state index is 0.749. The number of rotatable bonds is 0. The summed E-state index contributed by atoms with van der Waals surface area (Å²) in [7, 11) is 0. The Hall–Kier alpha value is -1.18. The Balaban J connectivity index is 3.03. The maximum Gasteiger partial charge on any atom is 0.0315 e. The van der Waals surface area contributed by atoms with E-state index in [4.69, 9.17) is 11.5 Å². The Morgan fingerprint density at radius 2 is 1.00 bits per heavy atom. The molecule has 0 aromatic heterocycles. The highest BCUT2D eigenvalue weighted by Crippen LogP contribution is 2.04. The van der Waals surface area contributed by atoms with E-state index in [2.05, 4.69) is 0 Å². The first-order valence-corrected chi connectivity index (χ1v) is 2.40. The molecule has 0 radical (unpaired) electrons. The van der Waals surface area contributed by atoms with Crippen LogP contribution in [0.4, 0.5) is 11.4 Å². The Labute approximate surface area is 48.1 Å². The standard InChI is InChI=1S/C6H8N2/c7-5-1-2-6(8)4-3-5/h1-4H,7-8H2/i7+1,8+1. The van der Waals surface area contributed by atoms with Gasteiger partial charge >= 0.3 is 0 Å². The molecule has 42 valence electrons. The van der Waals surface area contributed by atoms with Crippen molar-refractivity contribution in [2.45, 2.75) is 0 Å². The van der Waals surface area contributed by atoms with Gasteiger partial charge in [0.05, 0.1) is 0 Å². The molecule has 0 spiro atoms. The van der Waals surface area contributed by atoms with Gasteiger partial charge in [0, 0.05) is 11.4 Å². The fourth-order valence-electron chi connectivity index (χ4n) is 0.496. The summed E-state index contributed by atoms with van der Waals surface area (Å²) >= 11 is 0. The first-order chi connectivity index (χ1) is 3.79. The molecule has 0 atom stereocenters. The summed E-state index contributed by atoms with van der Waals surface area (Å²) in [6.07, 6.45) is 0. The number of benzene rings is 1. The van der Waals surface area contributed by atoms with Gasteiger partial charge in [0.1, 0.15) is 0 Å². The summed E-state index contributed by atoms with van der Waals surface area (Å²) in [4.78, 5) is 0. The second kappa shape index (κ2) is 1.74. The summed E-state index contributed by atoms with van der Waals surface area (Å²) in [6, 6.07) is 7.09. The van der Waals surface area contributed by atoms with E-state index < -0.39 is 0 Å². The van der Waals surface area contributed by atoms with Crippen LogP contribution in [0.2, 0.25) is 0 Å². The molecule has 2 heteroatoms.